The van der Waals surface area contributed by atoms with Crippen molar-refractivity contribution in [3.8, 4) is 0 Å². The molecular formula is C29H46O8. The Kier molecular flexibility index (Phi) is 7.29. The Bertz CT molecular complexity index is 954. The molecule has 11 atom stereocenters. The van der Waals surface area contributed by atoms with Crippen LogP contribution in [0.2, 0.25) is 0 Å². The van der Waals surface area contributed by atoms with E-state index in [2.05, 4.69) is 6.92 Å². The van der Waals surface area contributed by atoms with Gasteiger partial charge in [0.05, 0.1) is 23.4 Å². The summed E-state index contributed by atoms with van der Waals surface area (Å²) in [5.41, 5.74) is -3.02. The minimum Gasteiger partial charge on any atom is -0.459 e. The van der Waals surface area contributed by atoms with Gasteiger partial charge in [-0.2, -0.15) is 0 Å². The first-order valence-electron chi connectivity index (χ1n) is 13.9. The van der Waals surface area contributed by atoms with Crippen molar-refractivity contribution >= 4 is 11.8 Å². The normalized spacial score (nSPS) is 45.3. The Morgan fingerprint density at radius 2 is 1.84 bits per heavy atom. The van der Waals surface area contributed by atoms with E-state index in [0.717, 1.165) is 0 Å². The lowest BCUT2D eigenvalue weighted by Crippen LogP contribution is -2.67. The summed E-state index contributed by atoms with van der Waals surface area (Å²) >= 11 is 0. The summed E-state index contributed by atoms with van der Waals surface area (Å²) in [6.07, 6.45) is 0.835. The summed E-state index contributed by atoms with van der Waals surface area (Å²) < 4.78 is 5.59. The third kappa shape index (κ3) is 4.41. The topological polar surface area (TPSA) is 145 Å². The molecule has 4 rings (SSSR count). The number of ether oxygens (including phenoxy) is 1. The molecule has 0 amide bonds. The van der Waals surface area contributed by atoms with Gasteiger partial charge in [-0.1, -0.05) is 20.8 Å². The van der Waals surface area contributed by atoms with Gasteiger partial charge < -0.3 is 30.3 Å². The highest BCUT2D eigenvalue weighted by Crippen LogP contribution is 2.68. The molecule has 8 heteroatoms. The quantitative estimate of drug-likeness (QED) is 0.334. The van der Waals surface area contributed by atoms with E-state index in [4.69, 9.17) is 4.74 Å². The number of carbonyl (C=O) groups is 2. The van der Waals surface area contributed by atoms with E-state index >= 15 is 0 Å². The predicted octanol–water partition coefficient (Wildman–Crippen LogP) is 2.28. The van der Waals surface area contributed by atoms with Gasteiger partial charge in [0.15, 0.2) is 5.78 Å². The second kappa shape index (κ2) is 9.40. The zero-order valence-corrected chi connectivity index (χ0v) is 23.1. The summed E-state index contributed by atoms with van der Waals surface area (Å²) in [5, 5.41) is 54.9. The van der Waals surface area contributed by atoms with Crippen LogP contribution in [0.5, 0.6) is 0 Å². The molecule has 0 saturated heterocycles. The van der Waals surface area contributed by atoms with Gasteiger partial charge in [-0.3, -0.25) is 9.59 Å². The molecule has 0 spiro atoms. The summed E-state index contributed by atoms with van der Waals surface area (Å²) in [7, 11) is 0. The number of hydrogen-bond acceptors (Lipinski definition) is 8. The predicted molar refractivity (Wildman–Crippen MR) is 136 cm³/mol. The Labute approximate surface area is 220 Å². The van der Waals surface area contributed by atoms with Gasteiger partial charge in [-0.25, -0.2) is 0 Å². The number of ketones is 1. The highest BCUT2D eigenvalue weighted by atomic mass is 16.6. The van der Waals surface area contributed by atoms with Gasteiger partial charge in [0.1, 0.15) is 12.2 Å². The monoisotopic (exact) mass is 522 g/mol. The molecule has 3 fully saturated rings. The highest BCUT2D eigenvalue weighted by Gasteiger charge is 2.69. The van der Waals surface area contributed by atoms with Crippen molar-refractivity contribution in [3.63, 3.8) is 0 Å². The van der Waals surface area contributed by atoms with Crippen LogP contribution in [-0.2, 0) is 14.3 Å². The molecule has 0 bridgehead atoms. The van der Waals surface area contributed by atoms with E-state index < -0.39 is 58.3 Å². The third-order valence-corrected chi connectivity index (χ3v) is 10.9. The number of aliphatic hydroxyl groups is 5. The van der Waals surface area contributed by atoms with Crippen LogP contribution in [0.25, 0.3) is 0 Å². The lowest BCUT2D eigenvalue weighted by atomic mass is 9.45. The molecule has 3 unspecified atom stereocenters. The Morgan fingerprint density at radius 3 is 2.43 bits per heavy atom. The molecule has 3 saturated carbocycles. The van der Waals surface area contributed by atoms with E-state index in [9.17, 15) is 35.1 Å². The van der Waals surface area contributed by atoms with Crippen LogP contribution in [0.1, 0.15) is 86.5 Å². The number of allylic oxidation sites excluding steroid dienone is 1. The van der Waals surface area contributed by atoms with Crippen LogP contribution in [0.15, 0.2) is 11.6 Å². The number of rotatable bonds is 6. The molecule has 37 heavy (non-hydrogen) atoms. The van der Waals surface area contributed by atoms with Gasteiger partial charge in [0.25, 0.3) is 0 Å². The molecule has 8 nitrogen and oxygen atoms in total. The maximum absolute atomic E-state index is 13.5. The van der Waals surface area contributed by atoms with Crippen molar-refractivity contribution in [2.75, 3.05) is 0 Å². The van der Waals surface area contributed by atoms with Crippen molar-refractivity contribution in [1.29, 1.82) is 0 Å². The summed E-state index contributed by atoms with van der Waals surface area (Å²) in [5.74, 6) is -1.82. The van der Waals surface area contributed by atoms with Gasteiger partial charge in [-0.05, 0) is 88.2 Å². The molecule has 0 aliphatic heterocycles. The van der Waals surface area contributed by atoms with Gasteiger partial charge >= 0.3 is 5.97 Å². The van der Waals surface area contributed by atoms with Gasteiger partial charge in [0, 0.05) is 23.7 Å². The van der Waals surface area contributed by atoms with Crippen molar-refractivity contribution < 1.29 is 39.9 Å². The molecule has 0 aromatic rings. The zero-order valence-electron chi connectivity index (χ0n) is 23.1. The van der Waals surface area contributed by atoms with Crippen molar-refractivity contribution in [3.05, 3.63) is 11.6 Å². The fourth-order valence-corrected chi connectivity index (χ4v) is 8.67. The molecule has 0 aromatic heterocycles. The number of esters is 1. The molecule has 0 radical (unpaired) electrons. The van der Waals surface area contributed by atoms with Crippen LogP contribution in [0, 0.1) is 34.5 Å². The Hall–Kier alpha value is -1.32. The largest absolute Gasteiger partial charge is 0.459 e. The SMILES string of the molecule is CC(=O)OC1[C@@H](O)[C@H](O)C[C@H]2C(=O)C=C3C(CC[C@]4(C)[C@@H](C(C)[C@H](O)CCC(C)(C)O)CC[C@@]34O)[C@@]12C. The maximum atomic E-state index is 13.5. The van der Waals surface area contributed by atoms with E-state index in [1.807, 2.05) is 13.8 Å². The number of fused-ring (bicyclic) bond motifs is 5. The van der Waals surface area contributed by atoms with E-state index in [1.54, 1.807) is 19.9 Å². The molecule has 5 N–H and O–H groups in total. The van der Waals surface area contributed by atoms with Crippen LogP contribution < -0.4 is 0 Å². The third-order valence-electron chi connectivity index (χ3n) is 10.9. The summed E-state index contributed by atoms with van der Waals surface area (Å²) in [6.45, 7) is 10.6. The van der Waals surface area contributed by atoms with Gasteiger partial charge in [0.2, 0.25) is 0 Å². The molecular weight excluding hydrogens is 476 g/mol. The first-order valence-corrected chi connectivity index (χ1v) is 13.9. The Morgan fingerprint density at radius 1 is 1.19 bits per heavy atom. The zero-order chi connectivity index (χ0) is 27.7. The fraction of sp³-hybridized carbons (Fsp3) is 0.862. The highest BCUT2D eigenvalue weighted by molar-refractivity contribution is 5.95. The standard InChI is InChI=1S/C29H46O8/c1-15(21(31)9-10-26(3,4)35)17-8-12-29(36)19-13-22(32)20-14-23(33)24(34)25(37-16(2)30)28(20,6)18(19)7-11-27(17,29)5/h13,15,17-18,20-21,23-25,31,33-36H,7-12,14H2,1-6H3/t15?,17-,18?,20+,21-,23-,24+,25?,27-,28-,29-/m1/s1. The second-order valence-electron chi connectivity index (χ2n) is 13.5. The number of hydrogen-bond donors (Lipinski definition) is 5. The number of aliphatic hydroxyl groups excluding tert-OH is 3. The minimum absolute atomic E-state index is 0.0137. The van der Waals surface area contributed by atoms with Crippen molar-refractivity contribution in [1.82, 2.24) is 0 Å². The second-order valence-corrected chi connectivity index (χ2v) is 13.5. The first-order chi connectivity index (χ1) is 17.0. The van der Waals surface area contributed by atoms with Crippen LogP contribution in [0.4, 0.5) is 0 Å². The Balaban J connectivity index is 1.69. The maximum Gasteiger partial charge on any atom is 0.303 e. The molecule has 4 aliphatic carbocycles. The van der Waals surface area contributed by atoms with E-state index in [0.29, 0.717) is 44.1 Å². The fourth-order valence-electron chi connectivity index (χ4n) is 8.67. The smallest absolute Gasteiger partial charge is 0.303 e. The van der Waals surface area contributed by atoms with Crippen LogP contribution >= 0.6 is 0 Å². The van der Waals surface area contributed by atoms with E-state index in [-0.39, 0.29) is 30.0 Å². The lowest BCUT2D eigenvalue weighted by Gasteiger charge is -2.61. The molecule has 0 heterocycles. The van der Waals surface area contributed by atoms with Crippen molar-refractivity contribution in [2.24, 2.45) is 34.5 Å². The summed E-state index contributed by atoms with van der Waals surface area (Å²) in [6, 6.07) is 0. The summed E-state index contributed by atoms with van der Waals surface area (Å²) in [4.78, 5) is 25.5. The molecule has 0 aromatic carbocycles. The lowest BCUT2D eigenvalue weighted by molar-refractivity contribution is -0.215. The van der Waals surface area contributed by atoms with Crippen LogP contribution in [-0.4, -0.2) is 72.9 Å². The number of carbonyl (C=O) groups excluding carboxylic acids is 2. The first kappa shape index (κ1) is 28.7. The van der Waals surface area contributed by atoms with E-state index in [1.165, 1.54) is 6.92 Å². The minimum atomic E-state index is -1.32. The van der Waals surface area contributed by atoms with Gasteiger partial charge in [-0.15, -0.1) is 0 Å². The average Bonchev–Trinajstić information content (AvgIpc) is 3.07. The van der Waals surface area contributed by atoms with Crippen molar-refractivity contribution in [2.45, 2.75) is 122 Å². The van der Waals surface area contributed by atoms with Crippen LogP contribution in [0.3, 0.4) is 0 Å². The molecule has 210 valence electrons. The molecule has 4 aliphatic rings. The average molecular weight is 523 g/mol.